The van der Waals surface area contributed by atoms with Crippen LogP contribution >= 0.6 is 40.3 Å². The van der Waals surface area contributed by atoms with E-state index in [1.165, 1.54) is 38.0 Å². The molecule has 0 amide bonds. The molecule has 1 heterocycles. The minimum absolute atomic E-state index is 0. The maximum atomic E-state index is 12.5. The van der Waals surface area contributed by atoms with Crippen LogP contribution in [-0.2, 0) is 15.7 Å². The highest BCUT2D eigenvalue weighted by Crippen LogP contribution is 2.40. The van der Waals surface area contributed by atoms with Gasteiger partial charge in [0.25, 0.3) is 0 Å². The van der Waals surface area contributed by atoms with E-state index >= 15 is 0 Å². The quantitative estimate of drug-likeness (QED) is 0.685. The molecule has 0 aliphatic carbocycles. The fourth-order valence-electron chi connectivity index (χ4n) is 2.66. The van der Waals surface area contributed by atoms with E-state index in [9.17, 15) is 13.5 Å². The molecular weight excluding hydrogens is 486 g/mol. The summed E-state index contributed by atoms with van der Waals surface area (Å²) < 4.78 is 26.2. The van der Waals surface area contributed by atoms with E-state index in [-0.39, 0.29) is 26.9 Å². The SMILES string of the molecule is Br.CN1C(=Nc2ccccc2)SCC1(O)c1ccc(Cl)c(S(=O)(=O)N(C)C)c1. The molecule has 0 aromatic heterocycles. The Labute approximate surface area is 185 Å². The molecular formula is C18H21BrClN3O3S2. The molecule has 1 fully saturated rings. The number of aliphatic hydroxyl groups is 1. The zero-order valence-electron chi connectivity index (χ0n) is 15.5. The maximum absolute atomic E-state index is 12.5. The molecule has 1 aliphatic rings. The van der Waals surface area contributed by atoms with Crippen molar-refractivity contribution in [2.45, 2.75) is 10.6 Å². The lowest BCUT2D eigenvalue weighted by Gasteiger charge is -2.31. The average molecular weight is 507 g/mol. The number of thioether (sulfide) groups is 1. The lowest BCUT2D eigenvalue weighted by atomic mass is 10.0. The van der Waals surface area contributed by atoms with Gasteiger partial charge in [-0.05, 0) is 24.3 Å². The maximum Gasteiger partial charge on any atom is 0.244 e. The summed E-state index contributed by atoms with van der Waals surface area (Å²) in [5.41, 5.74) is -0.164. The van der Waals surface area contributed by atoms with Crippen LogP contribution in [0.25, 0.3) is 0 Å². The Hall–Kier alpha value is -1.10. The summed E-state index contributed by atoms with van der Waals surface area (Å²) in [6.07, 6.45) is 0. The molecule has 2 aromatic rings. The molecule has 0 saturated carbocycles. The molecule has 1 N–H and O–H groups in total. The molecule has 0 bridgehead atoms. The third-order valence-electron chi connectivity index (χ3n) is 4.38. The van der Waals surface area contributed by atoms with E-state index in [0.717, 1.165) is 9.99 Å². The van der Waals surface area contributed by atoms with Crippen molar-refractivity contribution in [2.75, 3.05) is 26.9 Å². The Morgan fingerprint density at radius 2 is 1.86 bits per heavy atom. The van der Waals surface area contributed by atoms with Gasteiger partial charge in [0.1, 0.15) is 4.90 Å². The normalized spacial score (nSPS) is 21.2. The Balaban J connectivity index is 0.00000280. The molecule has 3 rings (SSSR count). The Bertz CT molecular complexity index is 987. The second-order valence-corrected chi connectivity index (χ2v) is 9.80. The first-order chi connectivity index (χ1) is 12.7. The number of hydrogen-bond acceptors (Lipinski definition) is 5. The predicted octanol–water partition coefficient (Wildman–Crippen LogP) is 3.68. The standard InChI is InChI=1S/C18H20ClN3O3S2.BrH/c1-21(2)27(24,25)16-11-13(9-10-15(16)19)18(23)12-26-17(22(18)3)20-14-7-5-4-6-8-14;/h4-11,23H,12H2,1-3H3;1H. The van der Waals surface area contributed by atoms with E-state index in [2.05, 4.69) is 4.99 Å². The molecule has 0 spiro atoms. The summed E-state index contributed by atoms with van der Waals surface area (Å²) in [5, 5.41) is 12.0. The van der Waals surface area contributed by atoms with Crippen LogP contribution in [0.5, 0.6) is 0 Å². The first-order valence-electron chi connectivity index (χ1n) is 8.11. The summed E-state index contributed by atoms with van der Waals surface area (Å²) in [4.78, 5) is 6.19. The van der Waals surface area contributed by atoms with Crippen LogP contribution in [0.3, 0.4) is 0 Å². The molecule has 1 aliphatic heterocycles. The summed E-state index contributed by atoms with van der Waals surface area (Å²) in [6, 6.07) is 14.0. The van der Waals surface area contributed by atoms with Crippen molar-refractivity contribution < 1.29 is 13.5 Å². The summed E-state index contributed by atoms with van der Waals surface area (Å²) in [6.45, 7) is 0. The zero-order chi connectivity index (χ0) is 19.8. The molecule has 2 aromatic carbocycles. The second-order valence-electron chi connectivity index (χ2n) is 6.33. The number of amidine groups is 1. The largest absolute Gasteiger partial charge is 0.366 e. The summed E-state index contributed by atoms with van der Waals surface area (Å²) in [7, 11) is 0.881. The van der Waals surface area contributed by atoms with Crippen molar-refractivity contribution in [1.29, 1.82) is 0 Å². The van der Waals surface area contributed by atoms with Crippen molar-refractivity contribution in [3.8, 4) is 0 Å². The van der Waals surface area contributed by atoms with Crippen LogP contribution in [0.1, 0.15) is 5.56 Å². The Morgan fingerprint density at radius 3 is 2.46 bits per heavy atom. The first-order valence-corrected chi connectivity index (χ1v) is 10.9. The number of hydrogen-bond donors (Lipinski definition) is 1. The number of aliphatic imine (C=N–C) groups is 1. The number of nitrogens with zero attached hydrogens (tertiary/aromatic N) is 3. The van der Waals surface area contributed by atoms with Crippen LogP contribution in [0.2, 0.25) is 5.02 Å². The molecule has 1 atom stereocenters. The van der Waals surface area contributed by atoms with Gasteiger partial charge in [0.05, 0.1) is 16.5 Å². The molecule has 1 unspecified atom stereocenters. The fourth-order valence-corrected chi connectivity index (χ4v) is 5.26. The number of sulfonamides is 1. The smallest absolute Gasteiger partial charge is 0.244 e. The van der Waals surface area contributed by atoms with E-state index in [0.29, 0.717) is 16.5 Å². The van der Waals surface area contributed by atoms with Crippen molar-refractivity contribution >= 4 is 61.2 Å². The lowest BCUT2D eigenvalue weighted by Crippen LogP contribution is -2.42. The first kappa shape index (κ1) is 23.2. The average Bonchev–Trinajstić information content (AvgIpc) is 2.92. The van der Waals surface area contributed by atoms with Gasteiger partial charge in [0.15, 0.2) is 10.9 Å². The fraction of sp³-hybridized carbons (Fsp3) is 0.278. The molecule has 152 valence electrons. The van der Waals surface area contributed by atoms with Gasteiger partial charge >= 0.3 is 0 Å². The van der Waals surface area contributed by atoms with Gasteiger partial charge in [-0.3, -0.25) is 0 Å². The molecule has 28 heavy (non-hydrogen) atoms. The molecule has 0 radical (unpaired) electrons. The Kier molecular flexibility index (Phi) is 7.22. The highest BCUT2D eigenvalue weighted by Gasteiger charge is 2.43. The third-order valence-corrected chi connectivity index (χ3v) is 7.84. The van der Waals surface area contributed by atoms with Crippen LogP contribution in [-0.4, -0.2) is 54.8 Å². The van der Waals surface area contributed by atoms with Gasteiger partial charge in [0.2, 0.25) is 10.0 Å². The van der Waals surface area contributed by atoms with E-state index < -0.39 is 15.7 Å². The monoisotopic (exact) mass is 505 g/mol. The predicted molar refractivity (Wildman–Crippen MR) is 120 cm³/mol. The van der Waals surface area contributed by atoms with Crippen LogP contribution in [0.15, 0.2) is 58.4 Å². The number of para-hydroxylation sites is 1. The summed E-state index contributed by atoms with van der Waals surface area (Å²) >= 11 is 7.52. The van der Waals surface area contributed by atoms with Gasteiger partial charge in [-0.15, -0.1) is 17.0 Å². The van der Waals surface area contributed by atoms with Gasteiger partial charge in [0, 0.05) is 26.7 Å². The zero-order valence-corrected chi connectivity index (χ0v) is 19.6. The van der Waals surface area contributed by atoms with Crippen molar-refractivity contribution in [2.24, 2.45) is 4.99 Å². The van der Waals surface area contributed by atoms with Crippen molar-refractivity contribution in [3.63, 3.8) is 0 Å². The van der Waals surface area contributed by atoms with Gasteiger partial charge in [-0.25, -0.2) is 17.7 Å². The van der Waals surface area contributed by atoms with E-state index in [1.54, 1.807) is 18.0 Å². The lowest BCUT2D eigenvalue weighted by molar-refractivity contribution is -0.0349. The van der Waals surface area contributed by atoms with Crippen molar-refractivity contribution in [3.05, 3.63) is 59.1 Å². The highest BCUT2D eigenvalue weighted by molar-refractivity contribution is 8.93. The van der Waals surface area contributed by atoms with Crippen LogP contribution < -0.4 is 0 Å². The van der Waals surface area contributed by atoms with E-state index in [1.807, 2.05) is 30.3 Å². The number of rotatable bonds is 4. The molecule has 6 nitrogen and oxygen atoms in total. The van der Waals surface area contributed by atoms with Crippen LogP contribution in [0.4, 0.5) is 5.69 Å². The molecule has 1 saturated heterocycles. The third kappa shape index (κ3) is 4.24. The molecule has 10 heteroatoms. The van der Waals surface area contributed by atoms with Crippen LogP contribution in [0, 0.1) is 0 Å². The highest BCUT2D eigenvalue weighted by atomic mass is 79.9. The number of halogens is 2. The number of benzene rings is 2. The Morgan fingerprint density at radius 1 is 1.21 bits per heavy atom. The van der Waals surface area contributed by atoms with E-state index in [4.69, 9.17) is 11.6 Å². The van der Waals surface area contributed by atoms with Gasteiger partial charge < -0.3 is 10.0 Å². The second kappa shape index (κ2) is 8.73. The van der Waals surface area contributed by atoms with Gasteiger partial charge in [-0.1, -0.05) is 47.6 Å². The topological polar surface area (TPSA) is 73.2 Å². The summed E-state index contributed by atoms with van der Waals surface area (Å²) in [5.74, 6) is 0.318. The minimum Gasteiger partial charge on any atom is -0.366 e. The van der Waals surface area contributed by atoms with Gasteiger partial charge in [-0.2, -0.15) is 0 Å². The van der Waals surface area contributed by atoms with Crippen molar-refractivity contribution in [1.82, 2.24) is 9.21 Å². The minimum atomic E-state index is -3.73.